The highest BCUT2D eigenvalue weighted by Crippen LogP contribution is 2.15. The van der Waals surface area contributed by atoms with Gasteiger partial charge in [-0.05, 0) is 40.0 Å². The smallest absolute Gasteiger partial charge is 0.270 e. The van der Waals surface area contributed by atoms with Crippen molar-refractivity contribution in [2.75, 3.05) is 0 Å². The molecule has 130 valence electrons. The van der Waals surface area contributed by atoms with E-state index in [1.807, 2.05) is 19.1 Å². The number of carbonyl (C=O) groups excluding carboxylic acids is 3. The van der Waals surface area contributed by atoms with Crippen LogP contribution in [-0.2, 0) is 11.2 Å². The summed E-state index contributed by atoms with van der Waals surface area (Å²) in [5.74, 6) is -0.948. The monoisotopic (exact) mass is 402 g/mol. The zero-order valence-corrected chi connectivity index (χ0v) is 15.4. The molecular weight excluding hydrogens is 384 g/mol. The first-order valence-corrected chi connectivity index (χ1v) is 8.76. The van der Waals surface area contributed by atoms with E-state index in [-0.39, 0.29) is 18.6 Å². The van der Waals surface area contributed by atoms with Gasteiger partial charge in [0.05, 0.1) is 5.56 Å². The van der Waals surface area contributed by atoms with Gasteiger partial charge in [0.25, 0.3) is 5.91 Å². The minimum Gasteiger partial charge on any atom is -0.294 e. The minimum atomic E-state index is -0.428. The number of hydrogen-bond donors (Lipinski definition) is 2. The van der Waals surface area contributed by atoms with Crippen LogP contribution in [-0.4, -0.2) is 17.6 Å². The summed E-state index contributed by atoms with van der Waals surface area (Å²) in [6.07, 6.45) is 1.00. The van der Waals surface area contributed by atoms with Crippen molar-refractivity contribution in [3.8, 4) is 0 Å². The van der Waals surface area contributed by atoms with E-state index in [1.54, 1.807) is 36.4 Å². The zero-order chi connectivity index (χ0) is 18.2. The number of benzene rings is 2. The number of ketones is 1. The van der Waals surface area contributed by atoms with Crippen molar-refractivity contribution in [2.24, 2.45) is 0 Å². The molecule has 6 heteroatoms. The van der Waals surface area contributed by atoms with E-state index in [0.717, 1.165) is 12.0 Å². The van der Waals surface area contributed by atoms with Gasteiger partial charge in [0.2, 0.25) is 5.91 Å². The molecule has 0 heterocycles. The molecule has 2 rings (SSSR count). The summed E-state index contributed by atoms with van der Waals surface area (Å²) >= 11 is 3.27. The number of nitrogens with one attached hydrogen (secondary N) is 2. The molecule has 0 bridgehead atoms. The van der Waals surface area contributed by atoms with Crippen LogP contribution < -0.4 is 10.9 Å². The fraction of sp³-hybridized carbons (Fsp3) is 0.211. The molecule has 0 saturated heterocycles. The fourth-order valence-electron chi connectivity index (χ4n) is 2.20. The Bertz CT molecular complexity index is 772. The summed E-state index contributed by atoms with van der Waals surface area (Å²) in [6.45, 7) is 2.05. The van der Waals surface area contributed by atoms with Crippen LogP contribution in [0, 0.1) is 0 Å². The highest BCUT2D eigenvalue weighted by atomic mass is 79.9. The van der Waals surface area contributed by atoms with Gasteiger partial charge in [-0.25, -0.2) is 0 Å². The van der Waals surface area contributed by atoms with Crippen molar-refractivity contribution in [2.45, 2.75) is 26.2 Å². The molecule has 2 N–H and O–H groups in total. The van der Waals surface area contributed by atoms with Gasteiger partial charge in [-0.3, -0.25) is 25.2 Å². The quantitative estimate of drug-likeness (QED) is 0.573. The number of aryl methyl sites for hydroxylation is 1. The van der Waals surface area contributed by atoms with Crippen LogP contribution in [0.1, 0.15) is 46.0 Å². The van der Waals surface area contributed by atoms with E-state index in [0.29, 0.717) is 15.6 Å². The van der Waals surface area contributed by atoms with E-state index in [1.165, 1.54) is 0 Å². The summed E-state index contributed by atoms with van der Waals surface area (Å²) in [5.41, 5.74) is 6.81. The molecule has 0 atom stereocenters. The number of hydrogen-bond acceptors (Lipinski definition) is 3. The first kappa shape index (κ1) is 18.9. The normalized spacial score (nSPS) is 10.2. The molecule has 0 aromatic heterocycles. The average molecular weight is 403 g/mol. The Hall–Kier alpha value is -2.47. The molecule has 0 unspecified atom stereocenters. The van der Waals surface area contributed by atoms with Gasteiger partial charge in [-0.1, -0.05) is 43.3 Å². The van der Waals surface area contributed by atoms with Crippen LogP contribution in [0.4, 0.5) is 0 Å². The van der Waals surface area contributed by atoms with E-state index in [4.69, 9.17) is 0 Å². The van der Waals surface area contributed by atoms with E-state index >= 15 is 0 Å². The van der Waals surface area contributed by atoms with Gasteiger partial charge in [0.1, 0.15) is 0 Å². The average Bonchev–Trinajstić information content (AvgIpc) is 2.64. The first-order chi connectivity index (χ1) is 12.0. The minimum absolute atomic E-state index is 0.00457. The lowest BCUT2D eigenvalue weighted by atomic mass is 10.0. The fourth-order valence-corrected chi connectivity index (χ4v) is 2.66. The molecule has 2 aromatic carbocycles. The van der Waals surface area contributed by atoms with Gasteiger partial charge in [0, 0.05) is 22.9 Å². The van der Waals surface area contributed by atoms with Crippen LogP contribution in [0.5, 0.6) is 0 Å². The molecular formula is C19H19BrN2O3. The number of hydrazine groups is 1. The Kier molecular flexibility index (Phi) is 6.89. The van der Waals surface area contributed by atoms with Gasteiger partial charge in [-0.15, -0.1) is 0 Å². The third-order valence-electron chi connectivity index (χ3n) is 3.70. The maximum Gasteiger partial charge on any atom is 0.270 e. The van der Waals surface area contributed by atoms with Crippen molar-refractivity contribution in [1.29, 1.82) is 0 Å². The number of Topliss-reactive ketones (excluding diaryl/α,β-unsaturated/α-hetero) is 1. The van der Waals surface area contributed by atoms with Gasteiger partial charge in [0.15, 0.2) is 5.78 Å². The second-order valence-corrected chi connectivity index (χ2v) is 6.31. The van der Waals surface area contributed by atoms with Crippen molar-refractivity contribution in [3.05, 3.63) is 69.7 Å². The highest BCUT2D eigenvalue weighted by molar-refractivity contribution is 9.10. The van der Waals surface area contributed by atoms with Gasteiger partial charge >= 0.3 is 0 Å². The summed E-state index contributed by atoms with van der Waals surface area (Å²) in [5, 5.41) is 0. The largest absolute Gasteiger partial charge is 0.294 e. The summed E-state index contributed by atoms with van der Waals surface area (Å²) in [4.78, 5) is 35.9. The molecule has 0 fully saturated rings. The summed E-state index contributed by atoms with van der Waals surface area (Å²) in [7, 11) is 0. The molecule has 25 heavy (non-hydrogen) atoms. The van der Waals surface area contributed by atoms with Crippen LogP contribution >= 0.6 is 15.9 Å². The lowest BCUT2D eigenvalue weighted by Crippen LogP contribution is -2.41. The SMILES string of the molecule is CCc1ccc(C(=O)CCC(=O)NNC(=O)c2ccccc2Br)cc1. The standard InChI is InChI=1S/C19H19BrN2O3/c1-2-13-7-9-14(10-8-13)17(23)11-12-18(24)21-22-19(25)15-5-3-4-6-16(15)20/h3-10H,2,11-12H2,1H3,(H,21,24)(H,22,25). The Balaban J connectivity index is 1.79. The molecule has 2 amide bonds. The topological polar surface area (TPSA) is 75.3 Å². The maximum atomic E-state index is 12.1. The van der Waals surface area contributed by atoms with Crippen molar-refractivity contribution in [1.82, 2.24) is 10.9 Å². The third-order valence-corrected chi connectivity index (χ3v) is 4.39. The van der Waals surface area contributed by atoms with Crippen LogP contribution in [0.15, 0.2) is 53.0 Å². The van der Waals surface area contributed by atoms with Crippen molar-refractivity contribution < 1.29 is 14.4 Å². The predicted octanol–water partition coefficient (Wildman–Crippen LogP) is 3.44. The maximum absolute atomic E-state index is 12.1. The van der Waals surface area contributed by atoms with Crippen molar-refractivity contribution in [3.63, 3.8) is 0 Å². The lowest BCUT2D eigenvalue weighted by Gasteiger charge is -2.08. The molecule has 0 saturated carbocycles. The Morgan fingerprint density at radius 2 is 1.60 bits per heavy atom. The third kappa shape index (κ3) is 5.53. The van der Waals surface area contributed by atoms with Crippen LogP contribution in [0.25, 0.3) is 0 Å². The Morgan fingerprint density at radius 1 is 0.920 bits per heavy atom. The summed E-state index contributed by atoms with van der Waals surface area (Å²) in [6, 6.07) is 14.2. The molecule has 0 aliphatic carbocycles. The highest BCUT2D eigenvalue weighted by Gasteiger charge is 2.12. The van der Waals surface area contributed by atoms with E-state index in [2.05, 4.69) is 26.8 Å². The number of rotatable bonds is 6. The van der Waals surface area contributed by atoms with Gasteiger partial charge < -0.3 is 0 Å². The van der Waals surface area contributed by atoms with Crippen LogP contribution in [0.3, 0.4) is 0 Å². The molecule has 0 spiro atoms. The molecule has 2 aromatic rings. The Morgan fingerprint density at radius 3 is 2.24 bits per heavy atom. The molecule has 0 radical (unpaired) electrons. The van der Waals surface area contributed by atoms with E-state index < -0.39 is 11.8 Å². The first-order valence-electron chi connectivity index (χ1n) is 7.97. The predicted molar refractivity (Wildman–Crippen MR) is 99.1 cm³/mol. The summed E-state index contributed by atoms with van der Waals surface area (Å²) < 4.78 is 0.632. The molecule has 5 nitrogen and oxygen atoms in total. The second-order valence-electron chi connectivity index (χ2n) is 5.46. The lowest BCUT2D eigenvalue weighted by molar-refractivity contribution is -0.121. The van der Waals surface area contributed by atoms with E-state index in [9.17, 15) is 14.4 Å². The second kappa shape index (κ2) is 9.13. The zero-order valence-electron chi connectivity index (χ0n) is 13.8. The molecule has 0 aliphatic rings. The number of carbonyl (C=O) groups is 3. The number of halogens is 1. The van der Waals surface area contributed by atoms with Crippen molar-refractivity contribution >= 4 is 33.5 Å². The Labute approximate surface area is 154 Å². The van der Waals surface area contributed by atoms with Crippen LogP contribution in [0.2, 0.25) is 0 Å². The van der Waals surface area contributed by atoms with Gasteiger partial charge in [-0.2, -0.15) is 0 Å². The number of amides is 2. The molecule has 0 aliphatic heterocycles.